The molecule has 8 nitrogen and oxygen atoms in total. The molecule has 176 valence electrons. The van der Waals surface area contributed by atoms with E-state index in [0.29, 0.717) is 23.7 Å². The predicted molar refractivity (Wildman–Crippen MR) is 132 cm³/mol. The number of aromatic nitrogens is 5. The maximum absolute atomic E-state index is 9.84. The molecule has 34 heavy (non-hydrogen) atoms. The largest absolute Gasteiger partial charge is 0.508 e. The maximum atomic E-state index is 9.84. The molecule has 3 N–H and O–H groups in total. The molecule has 2 aromatic carbocycles. The number of aromatic hydroxyl groups is 1. The van der Waals surface area contributed by atoms with E-state index in [1.165, 1.54) is 12.8 Å². The standard InChI is InChI=1S/C26H31N7O/c1-3-16-11-20(34)8-10-21(16)17-5-9-22-23(12-17)28-30-25(22)26-27-24(29-31-26)15-32-13-18-6-7-19(14-32)33(18)4-2/h5,8-12,18-19,34H,3-4,6-7,13-15H2,1-2H3,(H,28,30)(H,27,29,31). The summed E-state index contributed by atoms with van der Waals surface area (Å²) in [6, 6.07) is 13.2. The van der Waals surface area contributed by atoms with E-state index in [1.807, 2.05) is 12.1 Å². The van der Waals surface area contributed by atoms with Crippen LogP contribution in [0.5, 0.6) is 5.75 Å². The highest BCUT2D eigenvalue weighted by molar-refractivity contribution is 5.94. The molecule has 0 saturated carbocycles. The highest BCUT2D eigenvalue weighted by atomic mass is 16.3. The second-order valence-electron chi connectivity index (χ2n) is 9.54. The van der Waals surface area contributed by atoms with Gasteiger partial charge in [-0.05, 0) is 66.8 Å². The minimum atomic E-state index is 0.297. The first-order valence-electron chi connectivity index (χ1n) is 12.3. The van der Waals surface area contributed by atoms with Crippen LogP contribution in [0.25, 0.3) is 33.5 Å². The molecule has 2 aliphatic heterocycles. The second-order valence-corrected chi connectivity index (χ2v) is 9.54. The third kappa shape index (κ3) is 3.67. The number of rotatable bonds is 6. The van der Waals surface area contributed by atoms with Crippen molar-refractivity contribution in [2.24, 2.45) is 0 Å². The summed E-state index contributed by atoms with van der Waals surface area (Å²) in [5, 5.41) is 26.2. The van der Waals surface area contributed by atoms with Crippen LogP contribution in [0.1, 0.15) is 38.1 Å². The van der Waals surface area contributed by atoms with Crippen LogP contribution >= 0.6 is 0 Å². The van der Waals surface area contributed by atoms with Gasteiger partial charge in [0.2, 0.25) is 5.82 Å². The van der Waals surface area contributed by atoms with Crippen molar-refractivity contribution in [2.75, 3.05) is 19.6 Å². The van der Waals surface area contributed by atoms with Crippen LogP contribution in [-0.2, 0) is 13.0 Å². The number of piperazine rings is 1. The Labute approximate surface area is 199 Å². The van der Waals surface area contributed by atoms with E-state index < -0.39 is 0 Å². The fourth-order valence-electron chi connectivity index (χ4n) is 5.92. The molecule has 2 saturated heterocycles. The Kier molecular flexibility index (Phi) is 5.34. The van der Waals surface area contributed by atoms with Crippen LogP contribution in [0.15, 0.2) is 36.4 Å². The van der Waals surface area contributed by atoms with Crippen molar-refractivity contribution >= 4 is 10.9 Å². The average molecular weight is 458 g/mol. The van der Waals surface area contributed by atoms with Crippen molar-refractivity contribution < 1.29 is 5.11 Å². The number of fused-ring (bicyclic) bond motifs is 3. The number of hydrogen-bond acceptors (Lipinski definition) is 6. The van der Waals surface area contributed by atoms with E-state index >= 15 is 0 Å². The zero-order valence-corrected chi connectivity index (χ0v) is 19.8. The minimum Gasteiger partial charge on any atom is -0.508 e. The zero-order valence-electron chi connectivity index (χ0n) is 19.8. The number of aryl methyl sites for hydroxylation is 1. The number of phenolic OH excluding ortho intramolecular Hbond substituents is 1. The van der Waals surface area contributed by atoms with Gasteiger partial charge in [0.1, 0.15) is 17.3 Å². The summed E-state index contributed by atoms with van der Waals surface area (Å²) in [7, 11) is 0. The lowest BCUT2D eigenvalue weighted by Crippen LogP contribution is -2.53. The molecule has 0 spiro atoms. The van der Waals surface area contributed by atoms with Gasteiger partial charge < -0.3 is 5.11 Å². The first-order valence-corrected chi connectivity index (χ1v) is 12.3. The molecular formula is C26H31N7O. The first kappa shape index (κ1) is 21.3. The quantitative estimate of drug-likeness (QED) is 0.406. The fourth-order valence-corrected chi connectivity index (χ4v) is 5.92. The molecule has 2 aliphatic rings. The summed E-state index contributed by atoms with van der Waals surface area (Å²) >= 11 is 0. The highest BCUT2D eigenvalue weighted by Crippen LogP contribution is 2.33. The van der Waals surface area contributed by atoms with Gasteiger partial charge in [-0.25, -0.2) is 4.98 Å². The molecule has 6 rings (SSSR count). The number of H-pyrrole nitrogens is 2. The van der Waals surface area contributed by atoms with Crippen LogP contribution in [0, 0.1) is 0 Å². The van der Waals surface area contributed by atoms with Crippen molar-refractivity contribution in [2.45, 2.75) is 51.7 Å². The summed E-state index contributed by atoms with van der Waals surface area (Å²) in [4.78, 5) is 9.96. The van der Waals surface area contributed by atoms with Crippen molar-refractivity contribution in [3.8, 4) is 28.4 Å². The Morgan fingerprint density at radius 1 is 1.00 bits per heavy atom. The van der Waals surface area contributed by atoms with Crippen LogP contribution in [0.2, 0.25) is 0 Å². The molecule has 0 radical (unpaired) electrons. The van der Waals surface area contributed by atoms with Crippen molar-refractivity contribution in [3.63, 3.8) is 0 Å². The van der Waals surface area contributed by atoms with Gasteiger partial charge in [0.15, 0.2) is 0 Å². The summed E-state index contributed by atoms with van der Waals surface area (Å²) in [6.07, 6.45) is 3.47. The normalized spacial score (nSPS) is 21.0. The Balaban J connectivity index is 1.23. The molecule has 2 atom stereocenters. The number of hydrogen-bond donors (Lipinski definition) is 3. The number of benzene rings is 2. The highest BCUT2D eigenvalue weighted by Gasteiger charge is 2.38. The van der Waals surface area contributed by atoms with Crippen LogP contribution in [0.3, 0.4) is 0 Å². The molecule has 2 unspecified atom stereocenters. The second kappa shape index (κ2) is 8.52. The van der Waals surface area contributed by atoms with Gasteiger partial charge in [0, 0.05) is 30.6 Å². The molecule has 4 heterocycles. The molecule has 0 aliphatic carbocycles. The van der Waals surface area contributed by atoms with Crippen molar-refractivity contribution in [1.82, 2.24) is 35.2 Å². The Morgan fingerprint density at radius 2 is 1.82 bits per heavy atom. The summed E-state index contributed by atoms with van der Waals surface area (Å²) in [6.45, 7) is 8.52. The molecule has 2 bridgehead atoms. The number of nitrogens with one attached hydrogen (secondary N) is 2. The Morgan fingerprint density at radius 3 is 2.59 bits per heavy atom. The lowest BCUT2D eigenvalue weighted by molar-refractivity contribution is 0.0655. The third-order valence-electron chi connectivity index (χ3n) is 7.53. The van der Waals surface area contributed by atoms with E-state index in [2.05, 4.69) is 62.2 Å². The Bertz CT molecular complexity index is 1310. The molecule has 2 aromatic heterocycles. The first-order chi connectivity index (χ1) is 16.6. The third-order valence-corrected chi connectivity index (χ3v) is 7.53. The van der Waals surface area contributed by atoms with Gasteiger partial charge in [0.25, 0.3) is 0 Å². The van der Waals surface area contributed by atoms with Gasteiger partial charge in [-0.2, -0.15) is 10.2 Å². The molecule has 4 aromatic rings. The molecule has 0 amide bonds. The lowest BCUT2D eigenvalue weighted by Gasteiger charge is -2.40. The fraction of sp³-hybridized carbons (Fsp3) is 0.423. The van der Waals surface area contributed by atoms with Gasteiger partial charge in [-0.15, -0.1) is 0 Å². The number of likely N-dealkylation sites (N-methyl/N-ethyl adjacent to an activating group) is 1. The molecule has 8 heteroatoms. The monoisotopic (exact) mass is 457 g/mol. The van der Waals surface area contributed by atoms with Gasteiger partial charge in [0.05, 0.1) is 12.1 Å². The number of phenols is 1. The van der Waals surface area contributed by atoms with E-state index in [4.69, 9.17) is 4.98 Å². The smallest absolute Gasteiger partial charge is 0.202 e. The Hall–Kier alpha value is -3.23. The molecular weight excluding hydrogens is 426 g/mol. The summed E-state index contributed by atoms with van der Waals surface area (Å²) in [5.74, 6) is 1.82. The predicted octanol–water partition coefficient (Wildman–Crippen LogP) is 3.95. The lowest BCUT2D eigenvalue weighted by atomic mass is 9.97. The van der Waals surface area contributed by atoms with Crippen LogP contribution < -0.4 is 0 Å². The summed E-state index contributed by atoms with van der Waals surface area (Å²) in [5.41, 5.74) is 5.04. The van der Waals surface area contributed by atoms with Gasteiger partial charge in [-0.3, -0.25) is 20.0 Å². The van der Waals surface area contributed by atoms with Crippen molar-refractivity contribution in [1.29, 1.82) is 0 Å². The average Bonchev–Trinajstić information content (AvgIpc) is 3.54. The van der Waals surface area contributed by atoms with E-state index in [1.54, 1.807) is 6.07 Å². The van der Waals surface area contributed by atoms with E-state index in [-0.39, 0.29) is 0 Å². The molecule has 2 fully saturated rings. The topological polar surface area (TPSA) is 97.0 Å². The van der Waals surface area contributed by atoms with Crippen LogP contribution in [0.4, 0.5) is 0 Å². The number of aromatic amines is 2. The van der Waals surface area contributed by atoms with Crippen LogP contribution in [-0.4, -0.2) is 72.0 Å². The van der Waals surface area contributed by atoms with E-state index in [0.717, 1.165) is 71.7 Å². The van der Waals surface area contributed by atoms with E-state index in [9.17, 15) is 5.11 Å². The minimum absolute atomic E-state index is 0.297. The van der Waals surface area contributed by atoms with Gasteiger partial charge in [-0.1, -0.05) is 26.0 Å². The van der Waals surface area contributed by atoms with Gasteiger partial charge >= 0.3 is 0 Å². The SMILES string of the molecule is CCc1cc(O)ccc1-c1ccc2c(-c3n[nH]c(CN4CC5CCC(C4)N5CC)n3)n[nH]c2c1. The van der Waals surface area contributed by atoms with Crippen molar-refractivity contribution in [3.05, 3.63) is 47.8 Å². The maximum Gasteiger partial charge on any atom is 0.202 e. The summed E-state index contributed by atoms with van der Waals surface area (Å²) < 4.78 is 0. The number of nitrogens with zero attached hydrogens (tertiary/aromatic N) is 5. The number of likely N-dealkylation sites (tertiary alicyclic amines) is 1. The zero-order chi connectivity index (χ0) is 23.2.